The zero-order valence-electron chi connectivity index (χ0n) is 20.3. The molecule has 7 heteroatoms. The van der Waals surface area contributed by atoms with Crippen LogP contribution < -0.4 is 5.32 Å². The number of anilines is 1. The zero-order chi connectivity index (χ0) is 25.6. The summed E-state index contributed by atoms with van der Waals surface area (Å²) in [7, 11) is 0. The zero-order valence-corrected chi connectivity index (χ0v) is 20.3. The van der Waals surface area contributed by atoms with Gasteiger partial charge in [0, 0.05) is 5.69 Å². The van der Waals surface area contributed by atoms with Gasteiger partial charge in [-0.05, 0) is 89.6 Å². The summed E-state index contributed by atoms with van der Waals surface area (Å²) in [6.45, 7) is 4.75. The van der Waals surface area contributed by atoms with Crippen molar-refractivity contribution in [3.63, 3.8) is 0 Å². The third-order valence-electron chi connectivity index (χ3n) is 7.84. The Morgan fingerprint density at radius 1 is 0.919 bits per heavy atom. The Bertz CT molecular complexity index is 1320. The largest absolute Gasteiger partial charge is 0.416 e. The fraction of sp³-hybridized carbons (Fsp3) is 0.333. The Labute approximate surface area is 214 Å². The minimum atomic E-state index is -4.42. The molecular weight excluding hydrogens is 479 g/mol. The van der Waals surface area contributed by atoms with Crippen LogP contribution in [0.3, 0.4) is 0 Å². The van der Waals surface area contributed by atoms with Crippen molar-refractivity contribution in [1.29, 1.82) is 0 Å². The molecule has 0 aromatic heterocycles. The molecule has 1 aliphatic heterocycles. The van der Waals surface area contributed by atoms with Crippen LogP contribution in [0.4, 0.5) is 18.9 Å². The Balaban J connectivity index is 1.04. The van der Waals surface area contributed by atoms with Crippen molar-refractivity contribution in [3.8, 4) is 11.1 Å². The van der Waals surface area contributed by atoms with Gasteiger partial charge in [-0.25, -0.2) is 4.89 Å². The molecule has 0 bridgehead atoms. The van der Waals surface area contributed by atoms with Crippen LogP contribution in [0, 0.1) is 5.92 Å². The fourth-order valence-corrected chi connectivity index (χ4v) is 5.71. The molecule has 2 aliphatic carbocycles. The molecule has 2 fully saturated rings. The Kier molecular flexibility index (Phi) is 6.10. The van der Waals surface area contributed by atoms with Crippen LogP contribution in [-0.2, 0) is 27.1 Å². The number of ether oxygens (including phenoxy) is 1. The highest BCUT2D eigenvalue weighted by molar-refractivity contribution is 5.79. The smallest absolute Gasteiger partial charge is 0.335 e. The third-order valence-corrected chi connectivity index (χ3v) is 7.84. The predicted octanol–water partition coefficient (Wildman–Crippen LogP) is 7.59. The normalized spacial score (nSPS) is 24.9. The highest BCUT2D eigenvalue weighted by Gasteiger charge is 2.43. The van der Waals surface area contributed by atoms with Crippen molar-refractivity contribution in [2.24, 2.45) is 5.92 Å². The van der Waals surface area contributed by atoms with Crippen LogP contribution in [0.5, 0.6) is 0 Å². The molecule has 37 heavy (non-hydrogen) atoms. The minimum Gasteiger partial charge on any atom is -0.335 e. The van der Waals surface area contributed by atoms with Gasteiger partial charge in [0.15, 0.2) is 0 Å². The second kappa shape index (κ2) is 9.31. The summed E-state index contributed by atoms with van der Waals surface area (Å²) in [5.74, 6) is 0.344. The third kappa shape index (κ3) is 4.79. The maximum absolute atomic E-state index is 13.0. The molecule has 3 aromatic carbocycles. The lowest BCUT2D eigenvalue weighted by molar-refractivity contribution is -0.468. The number of benzene rings is 3. The van der Waals surface area contributed by atoms with E-state index >= 15 is 0 Å². The molecule has 3 aromatic rings. The number of rotatable bonds is 4. The van der Waals surface area contributed by atoms with E-state index in [1.807, 2.05) is 0 Å². The van der Waals surface area contributed by atoms with E-state index < -0.39 is 23.8 Å². The van der Waals surface area contributed by atoms with E-state index in [0.29, 0.717) is 12.5 Å². The minimum absolute atomic E-state index is 0.247. The number of nitrogens with one attached hydrogen (secondary N) is 1. The number of allylic oxidation sites excluding steroid dienone is 1. The van der Waals surface area contributed by atoms with E-state index in [-0.39, 0.29) is 5.69 Å². The van der Waals surface area contributed by atoms with Crippen molar-refractivity contribution < 1.29 is 27.7 Å². The van der Waals surface area contributed by atoms with Crippen molar-refractivity contribution in [2.75, 3.05) is 11.9 Å². The summed E-state index contributed by atoms with van der Waals surface area (Å²) < 4.78 is 44.7. The quantitative estimate of drug-likeness (QED) is 0.289. The summed E-state index contributed by atoms with van der Waals surface area (Å²) in [6.07, 6.45) is -1.13. The molecule has 1 saturated heterocycles. The summed E-state index contributed by atoms with van der Waals surface area (Å²) in [6, 6.07) is 20.1. The molecule has 1 N–H and O–H groups in total. The van der Waals surface area contributed by atoms with Crippen molar-refractivity contribution in [3.05, 3.63) is 95.6 Å². The van der Waals surface area contributed by atoms with Gasteiger partial charge in [-0.3, -0.25) is 0 Å². The van der Waals surface area contributed by atoms with E-state index in [2.05, 4.69) is 54.4 Å². The van der Waals surface area contributed by atoms with Gasteiger partial charge in [-0.1, -0.05) is 55.1 Å². The molecule has 4 nitrogen and oxygen atoms in total. The second-order valence-electron chi connectivity index (χ2n) is 10.2. The number of hydrogen-bond donors (Lipinski definition) is 1. The highest BCUT2D eigenvalue weighted by Crippen LogP contribution is 2.44. The summed E-state index contributed by atoms with van der Waals surface area (Å²) in [5.41, 5.74) is 6.65. The molecule has 1 spiro atoms. The first-order chi connectivity index (χ1) is 17.8. The van der Waals surface area contributed by atoms with Gasteiger partial charge < -0.3 is 10.1 Å². The molecule has 1 unspecified atom stereocenters. The monoisotopic (exact) mass is 507 g/mol. The van der Waals surface area contributed by atoms with Crippen LogP contribution in [0.1, 0.15) is 47.9 Å². The van der Waals surface area contributed by atoms with Crippen LogP contribution in [0.25, 0.3) is 16.7 Å². The van der Waals surface area contributed by atoms with Crippen LogP contribution >= 0.6 is 0 Å². The summed E-state index contributed by atoms with van der Waals surface area (Å²) in [4.78, 5) is 11.2. The van der Waals surface area contributed by atoms with Crippen LogP contribution in [0.2, 0.25) is 0 Å². The second-order valence-corrected chi connectivity index (χ2v) is 10.2. The molecule has 1 saturated carbocycles. The summed E-state index contributed by atoms with van der Waals surface area (Å²) in [5, 5.41) is 2.81. The first-order valence-corrected chi connectivity index (χ1v) is 12.6. The Hall–Kier alpha value is -3.13. The average Bonchev–Trinajstić information content (AvgIpc) is 3.28. The molecule has 6 rings (SSSR count). The molecule has 1 heterocycles. The molecule has 1 atom stereocenters. The number of hydrogen-bond acceptors (Lipinski definition) is 4. The molecule has 192 valence electrons. The SMILES string of the molecule is C=C(c1ccc2c(c1)Cc1ccccc1-2)C1CCC2(CC1)COC(Nc1cccc(C(F)(F)F)c1)OO2. The van der Waals surface area contributed by atoms with Gasteiger partial charge in [0.25, 0.3) is 6.41 Å². The molecule has 0 amide bonds. The maximum Gasteiger partial charge on any atom is 0.416 e. The summed E-state index contributed by atoms with van der Waals surface area (Å²) >= 11 is 0. The van der Waals surface area contributed by atoms with Gasteiger partial charge in [0.2, 0.25) is 0 Å². The predicted molar refractivity (Wildman–Crippen MR) is 135 cm³/mol. The lowest BCUT2D eigenvalue weighted by Crippen LogP contribution is -2.49. The lowest BCUT2D eigenvalue weighted by atomic mass is 9.75. The van der Waals surface area contributed by atoms with E-state index in [0.717, 1.165) is 49.8 Å². The van der Waals surface area contributed by atoms with E-state index in [4.69, 9.17) is 14.5 Å². The van der Waals surface area contributed by atoms with Gasteiger partial charge >= 0.3 is 6.18 Å². The van der Waals surface area contributed by atoms with E-state index in [9.17, 15) is 13.2 Å². The number of halogens is 3. The van der Waals surface area contributed by atoms with Crippen LogP contribution in [0.15, 0.2) is 73.3 Å². The number of alkyl halides is 3. The average molecular weight is 508 g/mol. The van der Waals surface area contributed by atoms with Crippen molar-refractivity contribution in [1.82, 2.24) is 0 Å². The van der Waals surface area contributed by atoms with Gasteiger partial charge in [-0.15, -0.1) is 0 Å². The van der Waals surface area contributed by atoms with E-state index in [1.165, 1.54) is 39.9 Å². The first kappa shape index (κ1) is 24.2. The molecular formula is C30H28F3NO3. The van der Waals surface area contributed by atoms with Gasteiger partial charge in [0.05, 0.1) is 12.2 Å². The van der Waals surface area contributed by atoms with Crippen LogP contribution in [-0.4, -0.2) is 18.6 Å². The van der Waals surface area contributed by atoms with Crippen molar-refractivity contribution >= 4 is 11.3 Å². The van der Waals surface area contributed by atoms with Crippen molar-refractivity contribution in [2.45, 2.75) is 50.3 Å². The van der Waals surface area contributed by atoms with Gasteiger partial charge in [-0.2, -0.15) is 18.1 Å². The first-order valence-electron chi connectivity index (χ1n) is 12.6. The fourth-order valence-electron chi connectivity index (χ4n) is 5.71. The Morgan fingerprint density at radius 3 is 2.46 bits per heavy atom. The van der Waals surface area contributed by atoms with E-state index in [1.54, 1.807) is 0 Å². The maximum atomic E-state index is 13.0. The topological polar surface area (TPSA) is 39.7 Å². The molecule has 0 radical (unpaired) electrons. The lowest BCUT2D eigenvalue weighted by Gasteiger charge is -2.43. The molecule has 3 aliphatic rings. The Morgan fingerprint density at radius 2 is 1.70 bits per heavy atom. The number of fused-ring (bicyclic) bond motifs is 3. The van der Waals surface area contributed by atoms with Gasteiger partial charge in [0.1, 0.15) is 5.60 Å². The highest BCUT2D eigenvalue weighted by atomic mass is 19.4. The standard InChI is InChI=1S/C30H28F3NO3/c1-19(21-9-10-27-23(15-21)16-22-5-2-3-8-26(22)27)20-11-13-29(14-12-20)18-35-28(36-37-29)34-25-7-4-6-24(17-25)30(31,32)33/h2-10,15,17,20,28,34H,1,11-14,16,18H2.